The number of ether oxygens (including phenoxy) is 1. The molecule has 27 heavy (non-hydrogen) atoms. The van der Waals surface area contributed by atoms with Crippen molar-refractivity contribution in [3.05, 3.63) is 71.4 Å². The van der Waals surface area contributed by atoms with Gasteiger partial charge in [0.15, 0.2) is 5.78 Å². The molecule has 2 aliphatic heterocycles. The van der Waals surface area contributed by atoms with Gasteiger partial charge in [0, 0.05) is 29.3 Å². The van der Waals surface area contributed by atoms with Crippen molar-refractivity contribution >= 4 is 28.1 Å². The number of rotatable bonds is 1. The highest BCUT2D eigenvalue weighted by atomic mass is 16.5. The number of carbonyl (C=O) groups is 1. The second kappa shape index (κ2) is 5.84. The number of ketones is 1. The Hall–Kier alpha value is -3.34. The van der Waals surface area contributed by atoms with Gasteiger partial charge in [-0.2, -0.15) is 0 Å². The topological polar surface area (TPSA) is 71.5 Å². The molecule has 0 aliphatic carbocycles. The largest absolute Gasteiger partial charge is 0.508 e. The van der Waals surface area contributed by atoms with Crippen LogP contribution in [-0.4, -0.2) is 22.0 Å². The number of hydrogen-bond donors (Lipinski definition) is 2. The highest BCUT2D eigenvalue weighted by molar-refractivity contribution is 6.10. The van der Waals surface area contributed by atoms with Crippen molar-refractivity contribution in [1.29, 1.82) is 0 Å². The first-order valence-corrected chi connectivity index (χ1v) is 8.99. The van der Waals surface area contributed by atoms with Crippen LogP contribution in [-0.2, 0) is 9.53 Å². The number of carbonyl (C=O) groups excluding carboxylic acids is 1. The Morgan fingerprint density at radius 1 is 1.19 bits per heavy atom. The Labute approximate surface area is 156 Å². The molecule has 0 radical (unpaired) electrons. The van der Waals surface area contributed by atoms with Gasteiger partial charge >= 0.3 is 0 Å². The summed E-state index contributed by atoms with van der Waals surface area (Å²) in [7, 11) is 0. The van der Waals surface area contributed by atoms with E-state index in [1.54, 1.807) is 24.4 Å². The van der Waals surface area contributed by atoms with Crippen LogP contribution < -0.4 is 5.32 Å². The summed E-state index contributed by atoms with van der Waals surface area (Å²) in [5.74, 6) is 0.859. The molecular weight excluding hydrogens is 340 g/mol. The maximum Gasteiger partial charge on any atom is 0.168 e. The summed E-state index contributed by atoms with van der Waals surface area (Å²) >= 11 is 0. The average molecular weight is 358 g/mol. The predicted molar refractivity (Wildman–Crippen MR) is 103 cm³/mol. The lowest BCUT2D eigenvalue weighted by atomic mass is 9.84. The first-order chi connectivity index (χ1) is 13.1. The molecule has 3 aromatic rings. The van der Waals surface area contributed by atoms with E-state index in [-0.39, 0.29) is 23.7 Å². The molecule has 134 valence electrons. The summed E-state index contributed by atoms with van der Waals surface area (Å²) in [5, 5.41) is 14.3. The summed E-state index contributed by atoms with van der Waals surface area (Å²) in [4.78, 5) is 17.4. The smallest absolute Gasteiger partial charge is 0.168 e. The maximum absolute atomic E-state index is 13.0. The Bertz CT molecular complexity index is 1120. The molecule has 5 heteroatoms. The zero-order valence-corrected chi connectivity index (χ0v) is 14.8. The van der Waals surface area contributed by atoms with E-state index in [9.17, 15) is 9.90 Å². The van der Waals surface area contributed by atoms with Gasteiger partial charge in [0.1, 0.15) is 17.6 Å². The molecule has 0 saturated carbocycles. The fraction of sp³-hybridized carbons (Fsp3) is 0.182. The molecule has 2 aromatic carbocycles. The van der Waals surface area contributed by atoms with E-state index in [2.05, 4.69) is 10.3 Å². The van der Waals surface area contributed by atoms with Gasteiger partial charge in [-0.15, -0.1) is 0 Å². The van der Waals surface area contributed by atoms with Crippen LogP contribution in [0.2, 0.25) is 0 Å². The molecule has 1 aromatic heterocycles. The van der Waals surface area contributed by atoms with Crippen LogP contribution in [0.4, 0.5) is 5.69 Å². The number of nitrogens with zero attached hydrogens (tertiary/aromatic N) is 1. The summed E-state index contributed by atoms with van der Waals surface area (Å²) in [6.45, 7) is 1.91. The SMILES string of the molecule is C[C@H]1CC(=O)C2=C(O1)c1c(ccc3ncccc13)N[C@H]2c1cccc(O)c1. The van der Waals surface area contributed by atoms with Crippen LogP contribution in [0, 0.1) is 0 Å². The molecule has 3 heterocycles. The van der Waals surface area contributed by atoms with Crippen molar-refractivity contribution < 1.29 is 14.6 Å². The number of fused-ring (bicyclic) bond motifs is 4. The minimum Gasteiger partial charge on any atom is -0.508 e. The quantitative estimate of drug-likeness (QED) is 0.682. The van der Waals surface area contributed by atoms with Gasteiger partial charge in [0.2, 0.25) is 0 Å². The zero-order chi connectivity index (χ0) is 18.5. The van der Waals surface area contributed by atoms with Crippen LogP contribution in [0.1, 0.15) is 30.5 Å². The minimum absolute atomic E-state index is 0.0659. The van der Waals surface area contributed by atoms with Crippen molar-refractivity contribution in [2.45, 2.75) is 25.5 Å². The molecule has 0 unspecified atom stereocenters. The molecule has 0 spiro atoms. The summed E-state index contributed by atoms with van der Waals surface area (Å²) in [5.41, 5.74) is 4.07. The third-order valence-corrected chi connectivity index (χ3v) is 5.14. The number of benzene rings is 2. The number of anilines is 1. The van der Waals surface area contributed by atoms with Crippen LogP contribution in [0.25, 0.3) is 16.7 Å². The second-order valence-corrected chi connectivity index (χ2v) is 7.03. The number of hydrogen-bond acceptors (Lipinski definition) is 5. The van der Waals surface area contributed by atoms with E-state index < -0.39 is 0 Å². The lowest BCUT2D eigenvalue weighted by Gasteiger charge is -2.36. The van der Waals surface area contributed by atoms with Crippen molar-refractivity contribution in [1.82, 2.24) is 4.98 Å². The number of Topliss-reactive ketones (excluding diaryl/α,β-unsaturated/α-hetero) is 1. The third-order valence-electron chi connectivity index (χ3n) is 5.14. The van der Waals surface area contributed by atoms with E-state index in [1.165, 1.54) is 0 Å². The van der Waals surface area contributed by atoms with E-state index in [1.807, 2.05) is 37.3 Å². The number of pyridine rings is 1. The van der Waals surface area contributed by atoms with Crippen molar-refractivity contribution in [3.63, 3.8) is 0 Å². The van der Waals surface area contributed by atoms with Gasteiger partial charge in [-0.25, -0.2) is 0 Å². The fourth-order valence-corrected chi connectivity index (χ4v) is 3.99. The van der Waals surface area contributed by atoms with Crippen LogP contribution in [0.3, 0.4) is 0 Å². The zero-order valence-electron chi connectivity index (χ0n) is 14.8. The molecule has 2 N–H and O–H groups in total. The molecule has 2 aliphatic rings. The number of aromatic nitrogens is 1. The monoisotopic (exact) mass is 358 g/mol. The van der Waals surface area contributed by atoms with Gasteiger partial charge in [-0.1, -0.05) is 18.2 Å². The number of phenolic OH excluding ortho intramolecular Hbond substituents is 1. The molecule has 5 nitrogen and oxygen atoms in total. The molecule has 0 saturated heterocycles. The van der Waals surface area contributed by atoms with Crippen LogP contribution >= 0.6 is 0 Å². The van der Waals surface area contributed by atoms with Gasteiger partial charge in [-0.05, 0) is 42.8 Å². The molecular formula is C22H18N2O3. The summed E-state index contributed by atoms with van der Waals surface area (Å²) in [6.07, 6.45) is 1.92. The van der Waals surface area contributed by atoms with Gasteiger partial charge in [0.25, 0.3) is 0 Å². The normalized spacial score (nSPS) is 21.3. The third kappa shape index (κ3) is 2.46. The summed E-state index contributed by atoms with van der Waals surface area (Å²) < 4.78 is 6.21. The number of aromatic hydroxyl groups is 1. The molecule has 0 fully saturated rings. The van der Waals surface area contributed by atoms with E-state index in [4.69, 9.17) is 4.74 Å². The minimum atomic E-state index is -0.367. The highest BCUT2D eigenvalue weighted by Crippen LogP contribution is 2.47. The highest BCUT2D eigenvalue weighted by Gasteiger charge is 2.38. The Kier molecular flexibility index (Phi) is 3.44. The maximum atomic E-state index is 13.0. The standard InChI is InChI=1S/C22H18N2O3/c1-12-10-18(26)20-21(13-4-2-5-14(25)11-13)24-17-8-7-16-15(6-3-9-23-16)19(17)22(20)27-12/h2-9,11-12,21,24-25H,10H2,1H3/t12-,21-/m0/s1. The first kappa shape index (κ1) is 15.9. The van der Waals surface area contributed by atoms with Gasteiger partial charge in [-0.3, -0.25) is 9.78 Å². The van der Waals surface area contributed by atoms with E-state index in [0.29, 0.717) is 17.8 Å². The van der Waals surface area contributed by atoms with E-state index in [0.717, 1.165) is 27.7 Å². The fourth-order valence-electron chi connectivity index (χ4n) is 3.99. The molecule has 5 rings (SSSR count). The lowest BCUT2D eigenvalue weighted by molar-refractivity contribution is -0.118. The van der Waals surface area contributed by atoms with Gasteiger partial charge < -0.3 is 15.2 Å². The lowest BCUT2D eigenvalue weighted by Crippen LogP contribution is -2.32. The molecule has 2 atom stereocenters. The number of phenols is 1. The molecule has 0 bridgehead atoms. The first-order valence-electron chi connectivity index (χ1n) is 8.99. The van der Waals surface area contributed by atoms with Crippen LogP contribution in [0.15, 0.2) is 60.3 Å². The Balaban J connectivity index is 1.80. The Morgan fingerprint density at radius 3 is 2.93 bits per heavy atom. The van der Waals surface area contributed by atoms with Crippen molar-refractivity contribution in [2.24, 2.45) is 0 Å². The van der Waals surface area contributed by atoms with E-state index >= 15 is 0 Å². The van der Waals surface area contributed by atoms with Crippen molar-refractivity contribution in [2.75, 3.05) is 5.32 Å². The second-order valence-electron chi connectivity index (χ2n) is 7.03. The Morgan fingerprint density at radius 2 is 2.07 bits per heavy atom. The molecule has 0 amide bonds. The predicted octanol–water partition coefficient (Wildman–Crippen LogP) is 4.20. The van der Waals surface area contributed by atoms with Gasteiger partial charge in [0.05, 0.1) is 17.1 Å². The van der Waals surface area contributed by atoms with Crippen molar-refractivity contribution in [3.8, 4) is 5.75 Å². The summed E-state index contributed by atoms with van der Waals surface area (Å²) in [6, 6.07) is 14.4. The average Bonchev–Trinajstić information content (AvgIpc) is 2.66. The number of nitrogens with one attached hydrogen (secondary N) is 1. The van der Waals surface area contributed by atoms with Crippen LogP contribution in [0.5, 0.6) is 5.75 Å².